The van der Waals surface area contributed by atoms with Crippen molar-refractivity contribution >= 4 is 39.4 Å². The molecule has 1 fully saturated rings. The van der Waals surface area contributed by atoms with E-state index in [1.807, 2.05) is 30.3 Å². The summed E-state index contributed by atoms with van der Waals surface area (Å²) in [4.78, 5) is 18.7. The van der Waals surface area contributed by atoms with Crippen LogP contribution in [0.5, 0.6) is 5.75 Å². The summed E-state index contributed by atoms with van der Waals surface area (Å²) in [6.07, 6.45) is 4.85. The van der Waals surface area contributed by atoms with Crippen molar-refractivity contribution in [2.45, 2.75) is 0 Å². The molecular weight excluding hydrogens is 398 g/mol. The zero-order valence-electron chi connectivity index (χ0n) is 14.4. The Kier molecular flexibility index (Phi) is 6.25. The summed E-state index contributed by atoms with van der Waals surface area (Å²) in [6, 6.07) is 9.38. The van der Waals surface area contributed by atoms with Gasteiger partial charge in [0, 0.05) is 29.2 Å². The summed E-state index contributed by atoms with van der Waals surface area (Å²) in [6.45, 7) is 3.08. The summed E-state index contributed by atoms with van der Waals surface area (Å²) in [7, 11) is 1.60. The number of ether oxygens (including phenoxy) is 2. The highest BCUT2D eigenvalue weighted by Gasteiger charge is 2.12. The molecule has 1 aromatic carbocycles. The first-order chi connectivity index (χ1) is 12.7. The smallest absolute Gasteiger partial charge is 0.248 e. The number of hydrogen-bond acceptors (Lipinski definition) is 5. The topological polar surface area (TPSA) is 63.7 Å². The van der Waals surface area contributed by atoms with Gasteiger partial charge in [0.05, 0.1) is 32.2 Å². The second-order valence-corrected chi connectivity index (χ2v) is 6.63. The van der Waals surface area contributed by atoms with Crippen molar-refractivity contribution in [2.75, 3.05) is 43.6 Å². The highest BCUT2D eigenvalue weighted by molar-refractivity contribution is 9.10. The molecule has 0 aliphatic carbocycles. The summed E-state index contributed by atoms with van der Waals surface area (Å²) < 4.78 is 11.6. The van der Waals surface area contributed by atoms with Crippen LogP contribution in [0.3, 0.4) is 0 Å². The number of methoxy groups -OCH3 is 1. The molecule has 0 atom stereocenters. The number of hydrogen-bond donors (Lipinski definition) is 1. The van der Waals surface area contributed by atoms with E-state index in [-0.39, 0.29) is 5.91 Å². The predicted octanol–water partition coefficient (Wildman–Crippen LogP) is 3.34. The first kappa shape index (κ1) is 18.4. The van der Waals surface area contributed by atoms with Crippen molar-refractivity contribution in [3.63, 3.8) is 0 Å². The number of amides is 1. The van der Waals surface area contributed by atoms with E-state index < -0.39 is 0 Å². The van der Waals surface area contributed by atoms with E-state index in [9.17, 15) is 4.79 Å². The third kappa shape index (κ3) is 4.83. The highest BCUT2D eigenvalue weighted by atomic mass is 79.9. The van der Waals surface area contributed by atoms with Gasteiger partial charge in [0.15, 0.2) is 0 Å². The molecule has 2 heterocycles. The molecular formula is C19H20BrN3O3. The van der Waals surface area contributed by atoms with Gasteiger partial charge in [0.25, 0.3) is 0 Å². The van der Waals surface area contributed by atoms with E-state index in [1.165, 1.54) is 6.08 Å². The van der Waals surface area contributed by atoms with Crippen LogP contribution in [-0.2, 0) is 9.53 Å². The van der Waals surface area contributed by atoms with Crippen LogP contribution in [-0.4, -0.2) is 44.3 Å². The Balaban J connectivity index is 1.62. The maximum atomic E-state index is 12.2. The summed E-state index contributed by atoms with van der Waals surface area (Å²) >= 11 is 3.42. The lowest BCUT2D eigenvalue weighted by atomic mass is 10.2. The van der Waals surface area contributed by atoms with Gasteiger partial charge in [-0.2, -0.15) is 0 Å². The Morgan fingerprint density at radius 2 is 2.12 bits per heavy atom. The van der Waals surface area contributed by atoms with Crippen LogP contribution in [0.4, 0.5) is 11.5 Å². The second kappa shape index (κ2) is 8.82. The van der Waals surface area contributed by atoms with Gasteiger partial charge in [0.2, 0.25) is 5.91 Å². The third-order valence-electron chi connectivity index (χ3n) is 3.96. The van der Waals surface area contributed by atoms with Crippen molar-refractivity contribution in [1.29, 1.82) is 0 Å². The molecule has 26 heavy (non-hydrogen) atoms. The lowest BCUT2D eigenvalue weighted by Gasteiger charge is -2.27. The Morgan fingerprint density at radius 3 is 2.81 bits per heavy atom. The lowest BCUT2D eigenvalue weighted by Crippen LogP contribution is -2.36. The van der Waals surface area contributed by atoms with E-state index in [1.54, 1.807) is 19.4 Å². The lowest BCUT2D eigenvalue weighted by molar-refractivity contribution is -0.111. The van der Waals surface area contributed by atoms with Crippen molar-refractivity contribution in [2.24, 2.45) is 0 Å². The number of pyridine rings is 1. The number of anilines is 2. The average molecular weight is 418 g/mol. The Labute approximate surface area is 160 Å². The number of morpholine rings is 1. The van der Waals surface area contributed by atoms with Crippen LogP contribution in [0.25, 0.3) is 6.08 Å². The quantitative estimate of drug-likeness (QED) is 0.755. The molecule has 0 unspecified atom stereocenters. The molecule has 1 amide bonds. The molecule has 0 radical (unpaired) electrons. The van der Waals surface area contributed by atoms with Crippen LogP contribution in [0.2, 0.25) is 0 Å². The van der Waals surface area contributed by atoms with Gasteiger partial charge in [-0.05, 0) is 36.4 Å². The molecule has 0 spiro atoms. The molecule has 1 N–H and O–H groups in total. The van der Waals surface area contributed by atoms with Gasteiger partial charge in [-0.15, -0.1) is 0 Å². The fourth-order valence-corrected chi connectivity index (χ4v) is 3.00. The molecule has 1 aromatic heterocycles. The van der Waals surface area contributed by atoms with Crippen LogP contribution in [0.15, 0.2) is 47.1 Å². The normalized spacial score (nSPS) is 14.5. The molecule has 0 saturated carbocycles. The Bertz CT molecular complexity index is 787. The van der Waals surface area contributed by atoms with E-state index in [0.29, 0.717) is 24.7 Å². The monoisotopic (exact) mass is 417 g/mol. The van der Waals surface area contributed by atoms with Gasteiger partial charge >= 0.3 is 0 Å². The largest absolute Gasteiger partial charge is 0.496 e. The maximum Gasteiger partial charge on any atom is 0.248 e. The van der Waals surface area contributed by atoms with Crippen LogP contribution >= 0.6 is 15.9 Å². The third-order valence-corrected chi connectivity index (χ3v) is 4.45. The molecule has 1 aliphatic rings. The van der Waals surface area contributed by atoms with E-state index in [2.05, 4.69) is 31.1 Å². The molecule has 7 heteroatoms. The molecule has 1 saturated heterocycles. The summed E-state index contributed by atoms with van der Waals surface area (Å²) in [5.41, 5.74) is 1.47. The van der Waals surface area contributed by atoms with Crippen LogP contribution in [0.1, 0.15) is 5.56 Å². The number of nitrogens with zero attached hydrogens (tertiary/aromatic N) is 2. The summed E-state index contributed by atoms with van der Waals surface area (Å²) in [5.74, 6) is 1.36. The predicted molar refractivity (Wildman–Crippen MR) is 106 cm³/mol. The minimum absolute atomic E-state index is 0.229. The molecule has 2 aromatic rings. The van der Waals surface area contributed by atoms with Crippen molar-refractivity contribution < 1.29 is 14.3 Å². The second-order valence-electron chi connectivity index (χ2n) is 5.71. The van der Waals surface area contributed by atoms with Crippen molar-refractivity contribution in [1.82, 2.24) is 4.98 Å². The summed E-state index contributed by atoms with van der Waals surface area (Å²) in [5, 5.41) is 2.81. The number of carbonyl (C=O) groups excluding carboxylic acids is 1. The molecule has 136 valence electrons. The molecule has 0 bridgehead atoms. The number of benzene rings is 1. The van der Waals surface area contributed by atoms with Crippen LogP contribution in [0, 0.1) is 0 Å². The Morgan fingerprint density at radius 1 is 1.31 bits per heavy atom. The fourth-order valence-electron chi connectivity index (χ4n) is 2.62. The molecule has 3 rings (SSSR count). The van der Waals surface area contributed by atoms with Gasteiger partial charge in [-0.3, -0.25) is 4.79 Å². The standard InChI is InChI=1S/C19H20BrN3O3/c1-25-17-5-3-15(20)12-14(17)2-7-19(24)22-16-4-6-18(21-13-16)23-8-10-26-11-9-23/h2-7,12-13H,8-11H2,1H3,(H,22,24)/b7-2+. The molecule has 1 aliphatic heterocycles. The first-order valence-corrected chi connectivity index (χ1v) is 9.06. The zero-order chi connectivity index (χ0) is 18.4. The number of rotatable bonds is 5. The zero-order valence-corrected chi connectivity index (χ0v) is 16.0. The number of aromatic nitrogens is 1. The minimum Gasteiger partial charge on any atom is -0.496 e. The van der Waals surface area contributed by atoms with Gasteiger partial charge in [-0.1, -0.05) is 15.9 Å². The number of carbonyl (C=O) groups is 1. The Hall–Kier alpha value is -2.38. The number of nitrogens with one attached hydrogen (secondary N) is 1. The SMILES string of the molecule is COc1ccc(Br)cc1/C=C/C(=O)Nc1ccc(N2CCOCC2)nc1. The molecule has 6 nitrogen and oxygen atoms in total. The minimum atomic E-state index is -0.229. The van der Waals surface area contributed by atoms with Crippen LogP contribution < -0.4 is 15.0 Å². The van der Waals surface area contributed by atoms with Gasteiger partial charge < -0.3 is 19.7 Å². The number of halogens is 1. The first-order valence-electron chi connectivity index (χ1n) is 8.27. The van der Waals surface area contributed by atoms with Gasteiger partial charge in [-0.25, -0.2) is 4.98 Å². The highest BCUT2D eigenvalue weighted by Crippen LogP contribution is 2.24. The van der Waals surface area contributed by atoms with Crippen molar-refractivity contribution in [3.05, 3.63) is 52.6 Å². The fraction of sp³-hybridized carbons (Fsp3) is 0.263. The van der Waals surface area contributed by atoms with Crippen molar-refractivity contribution in [3.8, 4) is 5.75 Å². The average Bonchev–Trinajstić information content (AvgIpc) is 2.68. The van der Waals surface area contributed by atoms with E-state index in [4.69, 9.17) is 9.47 Å². The van der Waals surface area contributed by atoms with E-state index >= 15 is 0 Å². The maximum absolute atomic E-state index is 12.2. The van der Waals surface area contributed by atoms with E-state index in [0.717, 1.165) is 28.9 Å². The van der Waals surface area contributed by atoms with Gasteiger partial charge in [0.1, 0.15) is 11.6 Å².